The predicted octanol–water partition coefficient (Wildman–Crippen LogP) is 2.09. The lowest BCUT2D eigenvalue weighted by atomic mass is 10.0. The summed E-state index contributed by atoms with van der Waals surface area (Å²) >= 11 is 1.62. The summed E-state index contributed by atoms with van der Waals surface area (Å²) in [6.45, 7) is 9.19. The minimum absolute atomic E-state index is 0.0887. The van der Waals surface area contributed by atoms with Crippen LogP contribution in [0, 0.1) is 0 Å². The van der Waals surface area contributed by atoms with Gasteiger partial charge in [-0.05, 0) is 26.0 Å². The minimum Gasteiger partial charge on any atom is -0.379 e. The molecule has 0 aromatic carbocycles. The third kappa shape index (κ3) is 3.80. The van der Waals surface area contributed by atoms with Gasteiger partial charge in [0, 0.05) is 37.3 Å². The molecule has 1 fully saturated rings. The Bertz CT molecular complexity index is 1070. The molecule has 2 N–H and O–H groups in total. The largest absolute Gasteiger partial charge is 0.379 e. The Morgan fingerprint density at radius 3 is 2.87 bits per heavy atom. The number of nitrogens with one attached hydrogen (secondary N) is 2. The Morgan fingerprint density at radius 1 is 1.29 bits per heavy atom. The molecule has 31 heavy (non-hydrogen) atoms. The van der Waals surface area contributed by atoms with Gasteiger partial charge in [0.2, 0.25) is 5.95 Å². The first-order valence-corrected chi connectivity index (χ1v) is 11.1. The van der Waals surface area contributed by atoms with E-state index in [1.807, 2.05) is 17.0 Å². The highest BCUT2D eigenvalue weighted by Crippen LogP contribution is 2.45. The van der Waals surface area contributed by atoms with Crippen molar-refractivity contribution >= 4 is 29.0 Å². The molecule has 0 bridgehead atoms. The zero-order valence-corrected chi connectivity index (χ0v) is 18.3. The van der Waals surface area contributed by atoms with Crippen molar-refractivity contribution in [3.8, 4) is 10.6 Å². The van der Waals surface area contributed by atoms with Crippen molar-refractivity contribution in [3.05, 3.63) is 35.0 Å². The number of thiophene rings is 1. The van der Waals surface area contributed by atoms with Crippen LogP contribution in [-0.2, 0) is 10.3 Å². The van der Waals surface area contributed by atoms with Gasteiger partial charge >= 0.3 is 0 Å². The van der Waals surface area contributed by atoms with E-state index in [1.54, 1.807) is 23.7 Å². The lowest BCUT2D eigenvalue weighted by molar-refractivity contribution is 0.0263. The van der Waals surface area contributed by atoms with Crippen molar-refractivity contribution in [2.45, 2.75) is 19.4 Å². The molecule has 5 heterocycles. The Morgan fingerprint density at radius 2 is 2.13 bits per heavy atom. The molecule has 5 rings (SSSR count). The fourth-order valence-corrected chi connectivity index (χ4v) is 5.26. The van der Waals surface area contributed by atoms with Crippen LogP contribution in [0.3, 0.4) is 0 Å². The maximum absolute atomic E-state index is 13.2. The first-order valence-electron chi connectivity index (χ1n) is 10.2. The minimum atomic E-state index is -0.351. The van der Waals surface area contributed by atoms with Crippen molar-refractivity contribution in [3.63, 3.8) is 0 Å². The second-order valence-electron chi connectivity index (χ2n) is 8.07. The van der Waals surface area contributed by atoms with E-state index >= 15 is 0 Å². The Kier molecular flexibility index (Phi) is 5.16. The van der Waals surface area contributed by atoms with Crippen LogP contribution in [-0.4, -0.2) is 80.5 Å². The predicted molar refractivity (Wildman–Crippen MR) is 116 cm³/mol. The normalized spacial score (nSPS) is 18.4. The number of morpholine rings is 1. The number of carbonyl (C=O) groups excluding carboxylic acids is 1. The van der Waals surface area contributed by atoms with E-state index in [0.717, 1.165) is 53.9 Å². The van der Waals surface area contributed by atoms with Gasteiger partial charge in [-0.1, -0.05) is 0 Å². The van der Waals surface area contributed by atoms with Gasteiger partial charge in [0.25, 0.3) is 5.91 Å². The van der Waals surface area contributed by atoms with Gasteiger partial charge in [0.1, 0.15) is 0 Å². The van der Waals surface area contributed by atoms with E-state index in [1.165, 1.54) is 0 Å². The first kappa shape index (κ1) is 20.0. The number of ether oxygens (including phenoxy) is 1. The maximum atomic E-state index is 13.2. The molecule has 0 unspecified atom stereocenters. The van der Waals surface area contributed by atoms with Crippen molar-refractivity contribution in [2.75, 3.05) is 44.7 Å². The SMILES string of the molecule is CC1(C)c2sc(-c3ccnc(Nc4cn[nH]n4)n3)cc2C(=O)N1CCN1CCOCC1. The molecule has 10 nitrogen and oxygen atoms in total. The maximum Gasteiger partial charge on any atom is 0.255 e. The van der Waals surface area contributed by atoms with Crippen LogP contribution >= 0.6 is 11.3 Å². The highest BCUT2D eigenvalue weighted by atomic mass is 32.1. The molecule has 1 saturated heterocycles. The summed E-state index contributed by atoms with van der Waals surface area (Å²) in [5, 5.41) is 13.3. The first-order chi connectivity index (χ1) is 15.0. The average Bonchev–Trinajstić information content (AvgIpc) is 3.48. The van der Waals surface area contributed by atoms with Crippen molar-refractivity contribution in [1.82, 2.24) is 35.2 Å². The van der Waals surface area contributed by atoms with Crippen LogP contribution in [0.1, 0.15) is 29.1 Å². The Hall–Kier alpha value is -2.89. The zero-order chi connectivity index (χ0) is 21.4. The summed E-state index contributed by atoms with van der Waals surface area (Å²) in [6.07, 6.45) is 3.25. The zero-order valence-electron chi connectivity index (χ0n) is 17.5. The van der Waals surface area contributed by atoms with Gasteiger partial charge in [-0.2, -0.15) is 10.3 Å². The number of anilines is 2. The smallest absolute Gasteiger partial charge is 0.255 e. The average molecular weight is 441 g/mol. The number of hydrogen-bond donors (Lipinski definition) is 2. The summed E-state index contributed by atoms with van der Waals surface area (Å²) in [5.74, 6) is 1.06. The third-order valence-corrected chi connectivity index (χ3v) is 7.22. The van der Waals surface area contributed by atoms with Crippen LogP contribution in [0.2, 0.25) is 0 Å². The molecular weight excluding hydrogens is 416 g/mol. The van der Waals surface area contributed by atoms with Gasteiger partial charge in [-0.25, -0.2) is 9.97 Å². The summed E-state index contributed by atoms with van der Waals surface area (Å²) < 4.78 is 5.42. The van der Waals surface area contributed by atoms with Crippen LogP contribution < -0.4 is 5.32 Å². The number of aromatic amines is 1. The summed E-state index contributed by atoms with van der Waals surface area (Å²) in [6, 6.07) is 3.81. The highest BCUT2D eigenvalue weighted by Gasteiger charge is 2.44. The van der Waals surface area contributed by atoms with Gasteiger partial charge < -0.3 is 15.0 Å². The number of H-pyrrole nitrogens is 1. The highest BCUT2D eigenvalue weighted by molar-refractivity contribution is 7.16. The van der Waals surface area contributed by atoms with E-state index in [4.69, 9.17) is 4.74 Å². The second-order valence-corrected chi connectivity index (χ2v) is 9.12. The van der Waals surface area contributed by atoms with Crippen molar-refractivity contribution in [2.24, 2.45) is 0 Å². The van der Waals surface area contributed by atoms with E-state index in [9.17, 15) is 4.79 Å². The van der Waals surface area contributed by atoms with Crippen LogP contribution in [0.15, 0.2) is 24.5 Å². The van der Waals surface area contributed by atoms with Crippen molar-refractivity contribution < 1.29 is 9.53 Å². The number of amides is 1. The fraction of sp³-hybridized carbons (Fsp3) is 0.450. The second kappa shape index (κ2) is 7.98. The molecular formula is C20H24N8O2S. The van der Waals surface area contributed by atoms with Gasteiger partial charge in [0.05, 0.1) is 41.1 Å². The van der Waals surface area contributed by atoms with Gasteiger partial charge in [0.15, 0.2) is 5.82 Å². The van der Waals surface area contributed by atoms with Crippen LogP contribution in [0.25, 0.3) is 10.6 Å². The third-order valence-electron chi connectivity index (χ3n) is 5.74. The molecule has 3 aromatic rings. The molecule has 1 amide bonds. The van der Waals surface area contributed by atoms with Crippen LogP contribution in [0.5, 0.6) is 0 Å². The monoisotopic (exact) mass is 440 g/mol. The number of aromatic nitrogens is 5. The van der Waals surface area contributed by atoms with E-state index in [-0.39, 0.29) is 11.4 Å². The van der Waals surface area contributed by atoms with Gasteiger partial charge in [-0.3, -0.25) is 9.69 Å². The molecule has 162 valence electrons. The lowest BCUT2D eigenvalue weighted by Gasteiger charge is -2.35. The summed E-state index contributed by atoms with van der Waals surface area (Å²) in [4.78, 5) is 28.4. The Labute approximate surface area is 183 Å². The lowest BCUT2D eigenvalue weighted by Crippen LogP contribution is -2.46. The quantitative estimate of drug-likeness (QED) is 0.599. The van der Waals surface area contributed by atoms with E-state index in [0.29, 0.717) is 18.3 Å². The van der Waals surface area contributed by atoms with E-state index < -0.39 is 0 Å². The Balaban J connectivity index is 1.35. The number of nitrogens with zero attached hydrogens (tertiary/aromatic N) is 6. The topological polar surface area (TPSA) is 112 Å². The molecule has 0 aliphatic carbocycles. The molecule has 11 heteroatoms. The number of rotatable bonds is 6. The number of hydrogen-bond acceptors (Lipinski definition) is 9. The number of fused-ring (bicyclic) bond motifs is 1. The van der Waals surface area contributed by atoms with Crippen molar-refractivity contribution in [1.29, 1.82) is 0 Å². The molecule has 0 saturated carbocycles. The van der Waals surface area contributed by atoms with E-state index in [2.05, 4.69) is 49.4 Å². The molecule has 0 spiro atoms. The van der Waals surface area contributed by atoms with Crippen LogP contribution in [0.4, 0.5) is 11.8 Å². The molecule has 3 aromatic heterocycles. The summed E-state index contributed by atoms with van der Waals surface area (Å²) in [7, 11) is 0. The molecule has 2 aliphatic heterocycles. The molecule has 0 atom stereocenters. The number of carbonyl (C=O) groups is 1. The fourth-order valence-electron chi connectivity index (χ4n) is 4.03. The standard InChI is InChI=1S/C20H24N8O2S/c1-20(2)17-13(18(29)28(20)6-5-27-7-9-30-10-8-27)11-15(31-17)14-3-4-21-19(23-14)24-16-12-22-26-25-16/h3-4,11-12H,5-10H2,1-2H3,(H2,21,22,23,24,25,26). The molecule has 0 radical (unpaired) electrons. The molecule has 2 aliphatic rings. The van der Waals surface area contributed by atoms with Gasteiger partial charge in [-0.15, -0.1) is 16.4 Å². The summed E-state index contributed by atoms with van der Waals surface area (Å²) in [5.41, 5.74) is 1.19.